The largest absolute Gasteiger partial charge is 0.356 e. The van der Waals surface area contributed by atoms with E-state index in [0.717, 1.165) is 18.0 Å². The van der Waals surface area contributed by atoms with Gasteiger partial charge in [0, 0.05) is 12.6 Å². The van der Waals surface area contributed by atoms with Gasteiger partial charge in [-0.1, -0.05) is 50.6 Å². The SMILES string of the molecule is CC1CCC(CNC(=O)C(C)C(N)c2ccccc2)C1. The first kappa shape index (κ1) is 15.0. The Hall–Kier alpha value is -1.35. The number of carbonyl (C=O) groups is 1. The number of benzene rings is 1. The van der Waals surface area contributed by atoms with Crippen molar-refractivity contribution < 1.29 is 4.79 Å². The van der Waals surface area contributed by atoms with E-state index in [1.807, 2.05) is 37.3 Å². The number of rotatable bonds is 5. The Balaban J connectivity index is 1.82. The van der Waals surface area contributed by atoms with Crippen LogP contribution in [0, 0.1) is 17.8 Å². The van der Waals surface area contributed by atoms with Gasteiger partial charge in [0.1, 0.15) is 0 Å². The van der Waals surface area contributed by atoms with Crippen LogP contribution in [0.2, 0.25) is 0 Å². The molecule has 0 heterocycles. The van der Waals surface area contributed by atoms with Gasteiger partial charge < -0.3 is 11.1 Å². The van der Waals surface area contributed by atoms with E-state index in [0.29, 0.717) is 5.92 Å². The van der Waals surface area contributed by atoms with Gasteiger partial charge in [0.15, 0.2) is 0 Å². The van der Waals surface area contributed by atoms with Crippen molar-refractivity contribution in [1.29, 1.82) is 0 Å². The fraction of sp³-hybridized carbons (Fsp3) is 0.588. The Kier molecular flexibility index (Phi) is 5.18. The molecule has 0 spiro atoms. The first-order chi connectivity index (χ1) is 9.58. The fourth-order valence-corrected chi connectivity index (χ4v) is 3.04. The fourth-order valence-electron chi connectivity index (χ4n) is 3.04. The van der Waals surface area contributed by atoms with Crippen LogP contribution in [0.4, 0.5) is 0 Å². The van der Waals surface area contributed by atoms with Gasteiger partial charge in [-0.15, -0.1) is 0 Å². The van der Waals surface area contributed by atoms with Gasteiger partial charge >= 0.3 is 0 Å². The zero-order valence-electron chi connectivity index (χ0n) is 12.5. The Labute approximate surface area is 121 Å². The van der Waals surface area contributed by atoms with Crippen LogP contribution >= 0.6 is 0 Å². The molecule has 0 aromatic heterocycles. The van der Waals surface area contributed by atoms with Crippen molar-refractivity contribution in [3.05, 3.63) is 35.9 Å². The highest BCUT2D eigenvalue weighted by atomic mass is 16.1. The van der Waals surface area contributed by atoms with Crippen molar-refractivity contribution >= 4 is 5.91 Å². The van der Waals surface area contributed by atoms with Gasteiger partial charge in [0.25, 0.3) is 0 Å². The van der Waals surface area contributed by atoms with Gasteiger partial charge in [0.2, 0.25) is 5.91 Å². The maximum atomic E-state index is 12.2. The maximum absolute atomic E-state index is 12.2. The normalized spacial score (nSPS) is 25.1. The number of amides is 1. The summed E-state index contributed by atoms with van der Waals surface area (Å²) in [5.74, 6) is 1.33. The number of hydrogen-bond acceptors (Lipinski definition) is 2. The van der Waals surface area contributed by atoms with Crippen LogP contribution in [0.25, 0.3) is 0 Å². The average Bonchev–Trinajstić information content (AvgIpc) is 2.89. The number of nitrogens with two attached hydrogens (primary N) is 1. The molecule has 1 amide bonds. The third-order valence-electron chi connectivity index (χ3n) is 4.51. The Morgan fingerprint density at radius 3 is 2.65 bits per heavy atom. The Bertz CT molecular complexity index is 432. The average molecular weight is 274 g/mol. The minimum Gasteiger partial charge on any atom is -0.356 e. The van der Waals surface area contributed by atoms with Crippen LogP contribution in [0.15, 0.2) is 30.3 Å². The molecular weight excluding hydrogens is 248 g/mol. The summed E-state index contributed by atoms with van der Waals surface area (Å²) in [5.41, 5.74) is 7.20. The minimum absolute atomic E-state index is 0.0703. The van der Waals surface area contributed by atoms with Crippen LogP contribution in [-0.4, -0.2) is 12.5 Å². The van der Waals surface area contributed by atoms with E-state index in [2.05, 4.69) is 12.2 Å². The van der Waals surface area contributed by atoms with E-state index in [1.54, 1.807) is 0 Å². The molecule has 1 aromatic rings. The van der Waals surface area contributed by atoms with Crippen molar-refractivity contribution in [3.8, 4) is 0 Å². The van der Waals surface area contributed by atoms with Crippen molar-refractivity contribution in [1.82, 2.24) is 5.32 Å². The molecule has 3 N–H and O–H groups in total. The summed E-state index contributed by atoms with van der Waals surface area (Å²) in [5, 5.41) is 3.08. The molecule has 110 valence electrons. The van der Waals surface area contributed by atoms with Crippen molar-refractivity contribution in [2.75, 3.05) is 6.54 Å². The van der Waals surface area contributed by atoms with E-state index in [4.69, 9.17) is 5.73 Å². The van der Waals surface area contributed by atoms with Gasteiger partial charge in [-0.3, -0.25) is 4.79 Å². The molecule has 3 heteroatoms. The maximum Gasteiger partial charge on any atom is 0.224 e. The standard InChI is InChI=1S/C17H26N2O/c1-12-8-9-14(10-12)11-19-17(20)13(2)16(18)15-6-4-3-5-7-15/h3-7,12-14,16H,8-11,18H2,1-2H3,(H,19,20). The second-order valence-electron chi connectivity index (χ2n) is 6.25. The molecule has 0 bridgehead atoms. The van der Waals surface area contributed by atoms with Crippen molar-refractivity contribution in [3.63, 3.8) is 0 Å². The summed E-state index contributed by atoms with van der Waals surface area (Å²) in [4.78, 5) is 12.2. The second-order valence-corrected chi connectivity index (χ2v) is 6.25. The highest BCUT2D eigenvalue weighted by Gasteiger charge is 2.25. The monoisotopic (exact) mass is 274 g/mol. The molecule has 1 aliphatic rings. The second kappa shape index (κ2) is 6.89. The lowest BCUT2D eigenvalue weighted by Crippen LogP contribution is -2.37. The Morgan fingerprint density at radius 2 is 2.05 bits per heavy atom. The molecule has 0 saturated heterocycles. The molecule has 2 rings (SSSR count). The summed E-state index contributed by atoms with van der Waals surface area (Å²) in [6.45, 7) is 5.00. The lowest BCUT2D eigenvalue weighted by atomic mass is 9.94. The third kappa shape index (κ3) is 3.83. The van der Waals surface area contributed by atoms with Gasteiger partial charge in [0.05, 0.1) is 5.92 Å². The van der Waals surface area contributed by atoms with E-state index in [9.17, 15) is 4.79 Å². The molecule has 4 atom stereocenters. The predicted octanol–water partition coefficient (Wildman–Crippen LogP) is 2.87. The molecule has 1 saturated carbocycles. The van der Waals surface area contributed by atoms with E-state index < -0.39 is 0 Å². The highest BCUT2D eigenvalue weighted by molar-refractivity contribution is 5.79. The molecule has 1 aliphatic carbocycles. The molecule has 3 nitrogen and oxygen atoms in total. The topological polar surface area (TPSA) is 55.1 Å². The molecule has 1 fully saturated rings. The number of nitrogens with one attached hydrogen (secondary N) is 1. The van der Waals surface area contributed by atoms with Crippen LogP contribution < -0.4 is 11.1 Å². The molecule has 0 radical (unpaired) electrons. The highest BCUT2D eigenvalue weighted by Crippen LogP contribution is 2.29. The molecular formula is C17H26N2O. The van der Waals surface area contributed by atoms with Crippen molar-refractivity contribution in [2.24, 2.45) is 23.5 Å². The van der Waals surface area contributed by atoms with Gasteiger partial charge in [-0.2, -0.15) is 0 Å². The quantitative estimate of drug-likeness (QED) is 0.867. The van der Waals surface area contributed by atoms with Gasteiger partial charge in [-0.05, 0) is 30.2 Å². The Morgan fingerprint density at radius 1 is 1.35 bits per heavy atom. The first-order valence-corrected chi connectivity index (χ1v) is 7.66. The van der Waals surface area contributed by atoms with Crippen LogP contribution in [0.5, 0.6) is 0 Å². The molecule has 0 aliphatic heterocycles. The smallest absolute Gasteiger partial charge is 0.224 e. The summed E-state index contributed by atoms with van der Waals surface area (Å²) in [6, 6.07) is 9.60. The van der Waals surface area contributed by atoms with Crippen LogP contribution in [0.3, 0.4) is 0 Å². The molecule has 1 aromatic carbocycles. The molecule has 20 heavy (non-hydrogen) atoms. The zero-order valence-corrected chi connectivity index (χ0v) is 12.5. The predicted molar refractivity (Wildman–Crippen MR) is 82.0 cm³/mol. The number of carbonyl (C=O) groups excluding carboxylic acids is 1. The number of hydrogen-bond donors (Lipinski definition) is 2. The van der Waals surface area contributed by atoms with E-state index in [-0.39, 0.29) is 17.9 Å². The summed E-state index contributed by atoms with van der Waals surface area (Å²) >= 11 is 0. The van der Waals surface area contributed by atoms with Crippen molar-refractivity contribution in [2.45, 2.75) is 39.2 Å². The lowest BCUT2D eigenvalue weighted by Gasteiger charge is -2.21. The molecule has 4 unspecified atom stereocenters. The summed E-state index contributed by atoms with van der Waals surface area (Å²) in [7, 11) is 0. The summed E-state index contributed by atoms with van der Waals surface area (Å²) < 4.78 is 0. The lowest BCUT2D eigenvalue weighted by molar-refractivity contribution is -0.125. The first-order valence-electron chi connectivity index (χ1n) is 7.66. The third-order valence-corrected chi connectivity index (χ3v) is 4.51. The van der Waals surface area contributed by atoms with E-state index >= 15 is 0 Å². The van der Waals surface area contributed by atoms with Gasteiger partial charge in [-0.25, -0.2) is 0 Å². The van der Waals surface area contributed by atoms with Crippen LogP contribution in [-0.2, 0) is 4.79 Å². The summed E-state index contributed by atoms with van der Waals surface area (Å²) in [6.07, 6.45) is 3.76. The minimum atomic E-state index is -0.237. The van der Waals surface area contributed by atoms with E-state index in [1.165, 1.54) is 19.3 Å². The zero-order chi connectivity index (χ0) is 14.5. The van der Waals surface area contributed by atoms with Crippen LogP contribution in [0.1, 0.15) is 44.7 Å².